The molecule has 0 heterocycles. The van der Waals surface area contributed by atoms with Crippen LogP contribution < -0.4 is 5.32 Å². The average Bonchev–Trinajstić information content (AvgIpc) is 2.12. The second kappa shape index (κ2) is 5.89. The van der Waals surface area contributed by atoms with Crippen LogP contribution in [0.4, 0.5) is 0 Å². The van der Waals surface area contributed by atoms with Crippen LogP contribution >= 0.6 is 43.5 Å². The summed E-state index contributed by atoms with van der Waals surface area (Å²) in [6, 6.07) is 3.64. The Morgan fingerprint density at radius 1 is 1.47 bits per heavy atom. The van der Waals surface area contributed by atoms with Crippen LogP contribution in [0.1, 0.15) is 5.56 Å². The van der Waals surface area contributed by atoms with E-state index in [1.54, 1.807) is 6.07 Å². The molecule has 0 unspecified atom stereocenters. The normalized spacial score (nSPS) is 10.3. The Kier molecular flexibility index (Phi) is 5.12. The Labute approximate surface area is 111 Å². The number of rotatable bonds is 4. The number of hydrogen-bond donors (Lipinski definition) is 2. The molecule has 0 aliphatic heterocycles. The minimum absolute atomic E-state index is 0.242. The lowest BCUT2D eigenvalue weighted by Gasteiger charge is -2.08. The van der Waals surface area contributed by atoms with Crippen molar-refractivity contribution in [3.8, 4) is 5.75 Å². The minimum Gasteiger partial charge on any atom is -0.506 e. The van der Waals surface area contributed by atoms with Gasteiger partial charge in [0.25, 0.3) is 0 Å². The van der Waals surface area contributed by atoms with Gasteiger partial charge in [-0.25, -0.2) is 0 Å². The molecule has 1 aromatic rings. The predicted molar refractivity (Wildman–Crippen MR) is 70.2 cm³/mol. The van der Waals surface area contributed by atoms with Gasteiger partial charge in [0.2, 0.25) is 0 Å². The van der Waals surface area contributed by atoms with Gasteiger partial charge in [0.1, 0.15) is 5.75 Å². The predicted octanol–water partition coefficient (Wildman–Crippen LogP) is 3.76. The van der Waals surface area contributed by atoms with Crippen LogP contribution in [0.15, 0.2) is 32.7 Å². The molecule has 0 fully saturated rings. The van der Waals surface area contributed by atoms with Crippen molar-refractivity contribution in [1.82, 2.24) is 5.32 Å². The zero-order chi connectivity index (χ0) is 11.4. The van der Waals surface area contributed by atoms with Crippen molar-refractivity contribution in [2.45, 2.75) is 6.54 Å². The highest BCUT2D eigenvalue weighted by Crippen LogP contribution is 2.31. The fourth-order valence-electron chi connectivity index (χ4n) is 1.09. The number of nitrogens with one attached hydrogen (secondary N) is 1. The first-order valence-electron chi connectivity index (χ1n) is 4.21. The topological polar surface area (TPSA) is 32.3 Å². The Morgan fingerprint density at radius 2 is 2.13 bits per heavy atom. The molecule has 0 aliphatic carbocycles. The third kappa shape index (κ3) is 4.15. The van der Waals surface area contributed by atoms with Crippen LogP contribution in [-0.4, -0.2) is 11.7 Å². The zero-order valence-corrected chi connectivity index (χ0v) is 11.8. The van der Waals surface area contributed by atoms with E-state index in [4.69, 9.17) is 11.6 Å². The highest BCUT2D eigenvalue weighted by atomic mass is 79.9. The van der Waals surface area contributed by atoms with E-state index in [-0.39, 0.29) is 5.75 Å². The number of halogens is 3. The van der Waals surface area contributed by atoms with Crippen LogP contribution in [0, 0.1) is 0 Å². The molecule has 0 atom stereocenters. The molecule has 0 bridgehead atoms. The molecule has 1 rings (SSSR count). The van der Waals surface area contributed by atoms with Gasteiger partial charge >= 0.3 is 0 Å². The second-order valence-electron chi connectivity index (χ2n) is 3.02. The van der Waals surface area contributed by atoms with Crippen molar-refractivity contribution in [3.63, 3.8) is 0 Å². The highest BCUT2D eigenvalue weighted by Gasteiger charge is 2.06. The third-order valence-corrected chi connectivity index (χ3v) is 2.94. The van der Waals surface area contributed by atoms with Gasteiger partial charge in [0.05, 0.1) is 4.47 Å². The Hall–Kier alpha value is -0.0300. The van der Waals surface area contributed by atoms with Gasteiger partial charge in [-0.2, -0.15) is 0 Å². The first-order chi connectivity index (χ1) is 7.00. The molecule has 0 aromatic heterocycles. The lowest BCUT2D eigenvalue weighted by atomic mass is 10.2. The van der Waals surface area contributed by atoms with Crippen molar-refractivity contribution in [2.24, 2.45) is 0 Å². The van der Waals surface area contributed by atoms with E-state index >= 15 is 0 Å². The van der Waals surface area contributed by atoms with E-state index in [2.05, 4.69) is 43.8 Å². The summed E-state index contributed by atoms with van der Waals surface area (Å²) in [6.07, 6.45) is 0. The van der Waals surface area contributed by atoms with Crippen molar-refractivity contribution in [3.05, 3.63) is 38.3 Å². The van der Waals surface area contributed by atoms with Crippen LogP contribution in [0.25, 0.3) is 0 Å². The molecule has 0 saturated carbocycles. The molecule has 2 nitrogen and oxygen atoms in total. The van der Waals surface area contributed by atoms with Gasteiger partial charge < -0.3 is 10.4 Å². The van der Waals surface area contributed by atoms with Crippen molar-refractivity contribution >= 4 is 43.5 Å². The van der Waals surface area contributed by atoms with Gasteiger partial charge in [-0.15, -0.1) is 0 Å². The summed E-state index contributed by atoms with van der Waals surface area (Å²) in [4.78, 5) is 0. The molecule has 0 radical (unpaired) electrons. The minimum atomic E-state index is 0.242. The molecular formula is C10H10Br2ClNO. The summed E-state index contributed by atoms with van der Waals surface area (Å²) in [7, 11) is 0. The summed E-state index contributed by atoms with van der Waals surface area (Å²) in [5.74, 6) is 0.242. The molecule has 0 saturated heterocycles. The summed E-state index contributed by atoms with van der Waals surface area (Å²) in [5.41, 5.74) is 0.800. The highest BCUT2D eigenvalue weighted by molar-refractivity contribution is 9.11. The summed E-state index contributed by atoms with van der Waals surface area (Å²) in [5, 5.41) is 13.3. The molecule has 1 aromatic carbocycles. The fraction of sp³-hybridized carbons (Fsp3) is 0.200. The monoisotopic (exact) mass is 353 g/mol. The third-order valence-electron chi connectivity index (χ3n) is 1.74. The van der Waals surface area contributed by atoms with Crippen LogP contribution in [0.2, 0.25) is 0 Å². The second-order valence-corrected chi connectivity index (χ2v) is 5.32. The van der Waals surface area contributed by atoms with Crippen LogP contribution in [0.3, 0.4) is 0 Å². The van der Waals surface area contributed by atoms with E-state index in [1.165, 1.54) is 0 Å². The zero-order valence-electron chi connectivity index (χ0n) is 7.86. The maximum atomic E-state index is 9.72. The number of phenols is 1. The molecule has 0 amide bonds. The van der Waals surface area contributed by atoms with Crippen LogP contribution in [-0.2, 0) is 6.54 Å². The molecule has 82 valence electrons. The number of aromatic hydroxyl groups is 1. The lowest BCUT2D eigenvalue weighted by Crippen LogP contribution is -2.14. The van der Waals surface area contributed by atoms with Crippen molar-refractivity contribution in [1.29, 1.82) is 0 Å². The Bertz CT molecular complexity index is 382. The Morgan fingerprint density at radius 3 is 2.73 bits per heavy atom. The van der Waals surface area contributed by atoms with E-state index in [9.17, 15) is 5.11 Å². The van der Waals surface area contributed by atoms with E-state index in [1.807, 2.05) is 6.07 Å². The fourth-order valence-corrected chi connectivity index (χ4v) is 2.50. The summed E-state index contributed by atoms with van der Waals surface area (Å²) >= 11 is 12.2. The molecule has 15 heavy (non-hydrogen) atoms. The smallest absolute Gasteiger partial charge is 0.134 e. The van der Waals surface area contributed by atoms with E-state index in [0.717, 1.165) is 10.0 Å². The van der Waals surface area contributed by atoms with Crippen molar-refractivity contribution < 1.29 is 5.11 Å². The number of hydrogen-bond acceptors (Lipinski definition) is 2. The maximum Gasteiger partial charge on any atom is 0.134 e. The first kappa shape index (κ1) is 13.0. The first-order valence-corrected chi connectivity index (χ1v) is 6.18. The summed E-state index contributed by atoms with van der Waals surface area (Å²) < 4.78 is 1.58. The van der Waals surface area contributed by atoms with Gasteiger partial charge in [-0.1, -0.05) is 34.1 Å². The number of phenolic OH excluding ortho intramolecular Hbond substituents is 1. The standard InChI is InChI=1S/C10H10Br2ClNO/c1-6(13)4-14-5-7-2-8(11)3-9(12)10(7)15/h2-3,14-15H,1,4-5H2. The molecule has 0 spiro atoms. The van der Waals surface area contributed by atoms with Gasteiger partial charge in [-0.3, -0.25) is 0 Å². The largest absolute Gasteiger partial charge is 0.506 e. The SMILES string of the molecule is C=C(Cl)CNCc1cc(Br)cc(Br)c1O. The average molecular weight is 355 g/mol. The summed E-state index contributed by atoms with van der Waals surface area (Å²) in [6.45, 7) is 4.62. The quantitative estimate of drug-likeness (QED) is 0.862. The molecular weight excluding hydrogens is 345 g/mol. The van der Waals surface area contributed by atoms with Gasteiger partial charge in [0, 0.05) is 28.2 Å². The lowest BCUT2D eigenvalue weighted by molar-refractivity contribution is 0.462. The maximum absolute atomic E-state index is 9.72. The van der Waals surface area contributed by atoms with Crippen LogP contribution in [0.5, 0.6) is 5.75 Å². The molecule has 2 N–H and O–H groups in total. The molecule has 5 heteroatoms. The van der Waals surface area contributed by atoms with E-state index < -0.39 is 0 Å². The number of benzene rings is 1. The van der Waals surface area contributed by atoms with Gasteiger partial charge in [-0.05, 0) is 28.1 Å². The van der Waals surface area contributed by atoms with E-state index in [0.29, 0.717) is 22.6 Å². The Balaban J connectivity index is 2.72. The van der Waals surface area contributed by atoms with Crippen molar-refractivity contribution in [2.75, 3.05) is 6.54 Å². The van der Waals surface area contributed by atoms with Gasteiger partial charge in [0.15, 0.2) is 0 Å². The molecule has 0 aliphatic rings.